The summed E-state index contributed by atoms with van der Waals surface area (Å²) < 4.78 is 16.7. The standard InChI is InChI=1S/C24H31NO3/c1-26-22-14-18(15-23(27-2)24(22)28-3)20-16-25(21-11-7-10-19(20)21)13-12-17-8-5-4-6-9-17/h4-6,8-9,14-15,19-21H,7,10-13,16H2,1-3H3/t19-,20-,21-/m0/s1. The normalized spacial score (nSPS) is 24.2. The van der Waals surface area contributed by atoms with Gasteiger partial charge in [0.2, 0.25) is 5.75 Å². The van der Waals surface area contributed by atoms with E-state index in [1.807, 2.05) is 0 Å². The van der Waals surface area contributed by atoms with Gasteiger partial charge in [0.15, 0.2) is 11.5 Å². The van der Waals surface area contributed by atoms with Crippen LogP contribution < -0.4 is 14.2 Å². The van der Waals surface area contributed by atoms with E-state index in [1.54, 1.807) is 21.3 Å². The molecule has 1 aliphatic carbocycles. The Bertz CT molecular complexity index is 767. The number of hydrogen-bond donors (Lipinski definition) is 0. The summed E-state index contributed by atoms with van der Waals surface area (Å²) in [5.74, 6) is 3.44. The van der Waals surface area contributed by atoms with Gasteiger partial charge in [-0.05, 0) is 48.4 Å². The molecule has 1 heterocycles. The molecule has 0 N–H and O–H groups in total. The van der Waals surface area contributed by atoms with E-state index in [2.05, 4.69) is 47.4 Å². The van der Waals surface area contributed by atoms with Crippen molar-refractivity contribution in [2.24, 2.45) is 5.92 Å². The first kappa shape index (κ1) is 19.1. The first-order valence-corrected chi connectivity index (χ1v) is 10.3. The molecule has 0 spiro atoms. The third-order valence-corrected chi connectivity index (χ3v) is 6.59. The molecule has 0 bridgehead atoms. The highest BCUT2D eigenvalue weighted by Crippen LogP contribution is 2.49. The van der Waals surface area contributed by atoms with Crippen molar-refractivity contribution in [2.75, 3.05) is 34.4 Å². The lowest BCUT2D eigenvalue weighted by Gasteiger charge is -2.23. The van der Waals surface area contributed by atoms with Crippen molar-refractivity contribution in [1.29, 1.82) is 0 Å². The zero-order chi connectivity index (χ0) is 19.5. The van der Waals surface area contributed by atoms with Gasteiger partial charge in [-0.15, -0.1) is 0 Å². The summed E-state index contributed by atoms with van der Waals surface area (Å²) in [7, 11) is 5.05. The molecule has 0 amide bonds. The Balaban J connectivity index is 1.56. The predicted octanol–water partition coefficient (Wildman–Crippen LogP) is 4.52. The van der Waals surface area contributed by atoms with Gasteiger partial charge < -0.3 is 14.2 Å². The van der Waals surface area contributed by atoms with E-state index in [0.717, 1.165) is 36.9 Å². The van der Waals surface area contributed by atoms with Crippen LogP contribution in [-0.2, 0) is 6.42 Å². The van der Waals surface area contributed by atoms with Gasteiger partial charge in [0.25, 0.3) is 0 Å². The molecule has 4 nitrogen and oxygen atoms in total. The number of nitrogens with zero attached hydrogens (tertiary/aromatic N) is 1. The van der Waals surface area contributed by atoms with Crippen LogP contribution in [0, 0.1) is 5.92 Å². The Morgan fingerprint density at radius 1 is 0.929 bits per heavy atom. The number of methoxy groups -OCH3 is 3. The maximum absolute atomic E-state index is 5.60. The fourth-order valence-corrected chi connectivity index (χ4v) is 5.26. The van der Waals surface area contributed by atoms with Crippen molar-refractivity contribution in [2.45, 2.75) is 37.6 Å². The van der Waals surface area contributed by atoms with Crippen molar-refractivity contribution in [3.63, 3.8) is 0 Å². The quantitative estimate of drug-likeness (QED) is 0.705. The van der Waals surface area contributed by atoms with Crippen LogP contribution in [0.25, 0.3) is 0 Å². The zero-order valence-electron chi connectivity index (χ0n) is 17.2. The van der Waals surface area contributed by atoms with Crippen LogP contribution in [0.15, 0.2) is 42.5 Å². The molecule has 0 aromatic heterocycles. The lowest BCUT2D eigenvalue weighted by atomic mass is 9.86. The minimum atomic E-state index is 0.525. The molecular formula is C24H31NO3. The fraction of sp³-hybridized carbons (Fsp3) is 0.500. The van der Waals surface area contributed by atoms with E-state index in [9.17, 15) is 0 Å². The summed E-state index contributed by atoms with van der Waals surface area (Å²) in [4.78, 5) is 2.72. The molecule has 0 unspecified atom stereocenters. The monoisotopic (exact) mass is 381 g/mol. The number of hydrogen-bond acceptors (Lipinski definition) is 4. The molecule has 4 rings (SSSR count). The van der Waals surface area contributed by atoms with Crippen LogP contribution in [0.4, 0.5) is 0 Å². The molecule has 4 heteroatoms. The van der Waals surface area contributed by atoms with Gasteiger partial charge in [-0.1, -0.05) is 36.8 Å². The second kappa shape index (κ2) is 8.44. The summed E-state index contributed by atoms with van der Waals surface area (Å²) in [6.45, 7) is 2.24. The Labute approximate surface area is 168 Å². The van der Waals surface area contributed by atoms with Gasteiger partial charge in [0, 0.05) is 25.0 Å². The lowest BCUT2D eigenvalue weighted by molar-refractivity contribution is 0.244. The SMILES string of the molecule is COc1cc([C@@H]2CN(CCc3ccccc3)[C@H]3CCC[C@@H]23)cc(OC)c1OC. The first-order valence-electron chi connectivity index (χ1n) is 10.3. The number of rotatable bonds is 7. The maximum Gasteiger partial charge on any atom is 0.203 e. The molecule has 1 saturated heterocycles. The van der Waals surface area contributed by atoms with Crippen LogP contribution >= 0.6 is 0 Å². The topological polar surface area (TPSA) is 30.9 Å². The van der Waals surface area contributed by atoms with Crippen molar-refractivity contribution in [3.05, 3.63) is 53.6 Å². The smallest absolute Gasteiger partial charge is 0.203 e. The molecule has 1 saturated carbocycles. The Morgan fingerprint density at radius 2 is 1.64 bits per heavy atom. The third kappa shape index (κ3) is 3.58. The van der Waals surface area contributed by atoms with Crippen molar-refractivity contribution >= 4 is 0 Å². The third-order valence-electron chi connectivity index (χ3n) is 6.59. The molecule has 3 atom stereocenters. The first-order chi connectivity index (χ1) is 13.7. The van der Waals surface area contributed by atoms with E-state index < -0.39 is 0 Å². The summed E-state index contributed by atoms with van der Waals surface area (Å²) in [6.07, 6.45) is 5.08. The molecule has 2 aromatic rings. The van der Waals surface area contributed by atoms with Gasteiger partial charge in [0.1, 0.15) is 0 Å². The lowest BCUT2D eigenvalue weighted by Crippen LogP contribution is -2.31. The highest BCUT2D eigenvalue weighted by Gasteiger charge is 2.44. The highest BCUT2D eigenvalue weighted by atomic mass is 16.5. The predicted molar refractivity (Wildman–Crippen MR) is 112 cm³/mol. The van der Waals surface area contributed by atoms with Crippen molar-refractivity contribution < 1.29 is 14.2 Å². The summed E-state index contributed by atoms with van der Waals surface area (Å²) >= 11 is 0. The van der Waals surface area contributed by atoms with Gasteiger partial charge in [0.05, 0.1) is 21.3 Å². The van der Waals surface area contributed by atoms with Crippen molar-refractivity contribution in [1.82, 2.24) is 4.90 Å². The van der Waals surface area contributed by atoms with Crippen LogP contribution in [-0.4, -0.2) is 45.4 Å². The second-order valence-corrected chi connectivity index (χ2v) is 7.96. The minimum Gasteiger partial charge on any atom is -0.493 e. The maximum atomic E-state index is 5.60. The molecule has 150 valence electrons. The number of fused-ring (bicyclic) bond motifs is 1. The summed E-state index contributed by atoms with van der Waals surface area (Å²) in [5, 5.41) is 0. The zero-order valence-corrected chi connectivity index (χ0v) is 17.2. The van der Waals surface area contributed by atoms with E-state index in [4.69, 9.17) is 14.2 Å². The van der Waals surface area contributed by atoms with E-state index >= 15 is 0 Å². The van der Waals surface area contributed by atoms with E-state index in [-0.39, 0.29) is 0 Å². The molecule has 2 fully saturated rings. The Kier molecular flexibility index (Phi) is 5.77. The largest absolute Gasteiger partial charge is 0.493 e. The molecular weight excluding hydrogens is 350 g/mol. The average Bonchev–Trinajstić information content (AvgIpc) is 3.35. The number of benzene rings is 2. The minimum absolute atomic E-state index is 0.525. The summed E-state index contributed by atoms with van der Waals surface area (Å²) in [6, 6.07) is 15.8. The van der Waals surface area contributed by atoms with Gasteiger partial charge in [-0.25, -0.2) is 0 Å². The molecule has 1 aliphatic heterocycles. The Hall–Kier alpha value is -2.20. The average molecular weight is 382 g/mol. The molecule has 2 aliphatic rings. The highest BCUT2D eigenvalue weighted by molar-refractivity contribution is 5.55. The number of likely N-dealkylation sites (tertiary alicyclic amines) is 1. The molecule has 2 aromatic carbocycles. The van der Waals surface area contributed by atoms with Crippen LogP contribution in [0.5, 0.6) is 17.2 Å². The van der Waals surface area contributed by atoms with Gasteiger partial charge in [-0.2, -0.15) is 0 Å². The van der Waals surface area contributed by atoms with Crippen LogP contribution in [0.1, 0.15) is 36.3 Å². The van der Waals surface area contributed by atoms with Crippen LogP contribution in [0.2, 0.25) is 0 Å². The fourth-order valence-electron chi connectivity index (χ4n) is 5.26. The summed E-state index contributed by atoms with van der Waals surface area (Å²) in [5.41, 5.74) is 2.74. The van der Waals surface area contributed by atoms with E-state index in [1.165, 1.54) is 30.4 Å². The van der Waals surface area contributed by atoms with Crippen LogP contribution in [0.3, 0.4) is 0 Å². The van der Waals surface area contributed by atoms with Crippen molar-refractivity contribution in [3.8, 4) is 17.2 Å². The van der Waals surface area contributed by atoms with Gasteiger partial charge >= 0.3 is 0 Å². The Morgan fingerprint density at radius 3 is 2.29 bits per heavy atom. The van der Waals surface area contributed by atoms with Gasteiger partial charge in [-0.3, -0.25) is 4.90 Å². The number of ether oxygens (including phenoxy) is 3. The second-order valence-electron chi connectivity index (χ2n) is 7.96. The molecule has 28 heavy (non-hydrogen) atoms. The molecule has 0 radical (unpaired) electrons. The van der Waals surface area contributed by atoms with E-state index in [0.29, 0.717) is 17.7 Å².